The second kappa shape index (κ2) is 6.23. The van der Waals surface area contributed by atoms with Crippen LogP contribution < -0.4 is 5.32 Å². The molecule has 1 aliphatic rings. The summed E-state index contributed by atoms with van der Waals surface area (Å²) >= 11 is 0. The average molecular weight is 269 g/mol. The predicted molar refractivity (Wildman–Crippen MR) is 82.2 cm³/mol. The molecule has 0 spiro atoms. The summed E-state index contributed by atoms with van der Waals surface area (Å²) in [6.07, 6.45) is 10.1. The van der Waals surface area contributed by atoms with E-state index in [0.717, 1.165) is 13.0 Å². The first-order valence-corrected chi connectivity index (χ1v) is 7.74. The second-order valence-corrected chi connectivity index (χ2v) is 5.57. The summed E-state index contributed by atoms with van der Waals surface area (Å²) in [5.74, 6) is 0. The average Bonchev–Trinajstić information content (AvgIpc) is 2.98. The molecule has 1 aromatic heterocycles. The fourth-order valence-electron chi connectivity index (χ4n) is 3.10. The molecule has 1 N–H and O–H groups in total. The van der Waals surface area contributed by atoms with Gasteiger partial charge in [-0.1, -0.05) is 38.0 Å². The van der Waals surface area contributed by atoms with Crippen LogP contribution in [-0.2, 0) is 6.42 Å². The maximum atomic E-state index is 4.40. The molecule has 20 heavy (non-hydrogen) atoms. The van der Waals surface area contributed by atoms with Crippen LogP contribution in [0.2, 0.25) is 0 Å². The Morgan fingerprint density at radius 1 is 1.30 bits per heavy atom. The summed E-state index contributed by atoms with van der Waals surface area (Å²) in [5.41, 5.74) is 3.99. The van der Waals surface area contributed by atoms with E-state index >= 15 is 0 Å². The van der Waals surface area contributed by atoms with Gasteiger partial charge in [0, 0.05) is 6.04 Å². The summed E-state index contributed by atoms with van der Waals surface area (Å²) in [4.78, 5) is 4.40. The number of aryl methyl sites for hydroxylation is 1. The number of benzene rings is 1. The normalized spacial score (nSPS) is 19.1. The number of imidazole rings is 1. The first-order valence-electron chi connectivity index (χ1n) is 7.74. The molecule has 0 radical (unpaired) electrons. The Balaban J connectivity index is 1.96. The van der Waals surface area contributed by atoms with Gasteiger partial charge in [-0.3, -0.25) is 0 Å². The van der Waals surface area contributed by atoms with Crippen LogP contribution >= 0.6 is 0 Å². The van der Waals surface area contributed by atoms with Gasteiger partial charge in [-0.25, -0.2) is 4.98 Å². The van der Waals surface area contributed by atoms with Crippen LogP contribution in [0, 0.1) is 0 Å². The number of piperidine rings is 1. The number of hydrogen-bond acceptors (Lipinski definition) is 2. The molecule has 1 aliphatic heterocycles. The highest BCUT2D eigenvalue weighted by Gasteiger charge is 2.19. The summed E-state index contributed by atoms with van der Waals surface area (Å²) < 4.78 is 2.27. The maximum absolute atomic E-state index is 4.40. The smallest absolute Gasteiger partial charge is 0.0994 e. The summed E-state index contributed by atoms with van der Waals surface area (Å²) in [7, 11) is 0. The largest absolute Gasteiger partial charge is 0.309 e. The van der Waals surface area contributed by atoms with Crippen LogP contribution in [0.1, 0.15) is 49.9 Å². The molecule has 2 aromatic rings. The lowest BCUT2D eigenvalue weighted by Crippen LogP contribution is -2.28. The SMILES string of the molecule is CCCc1ccccc1-n1cncc1C1CCCCN1. The van der Waals surface area contributed by atoms with Gasteiger partial charge in [0.2, 0.25) is 0 Å². The number of aromatic nitrogens is 2. The molecule has 106 valence electrons. The van der Waals surface area contributed by atoms with E-state index < -0.39 is 0 Å². The third kappa shape index (κ3) is 2.63. The van der Waals surface area contributed by atoms with Crippen LogP contribution in [0.25, 0.3) is 5.69 Å². The molecular formula is C17H23N3. The van der Waals surface area contributed by atoms with Crippen molar-refractivity contribution < 1.29 is 0 Å². The van der Waals surface area contributed by atoms with Gasteiger partial charge in [-0.2, -0.15) is 0 Å². The molecule has 1 aromatic carbocycles. The molecule has 3 rings (SSSR count). The Bertz CT molecular complexity index is 553. The zero-order valence-electron chi connectivity index (χ0n) is 12.2. The van der Waals surface area contributed by atoms with Crippen LogP contribution in [-0.4, -0.2) is 16.1 Å². The van der Waals surface area contributed by atoms with Crippen molar-refractivity contribution in [1.29, 1.82) is 0 Å². The van der Waals surface area contributed by atoms with Crippen molar-refractivity contribution in [1.82, 2.24) is 14.9 Å². The minimum atomic E-state index is 0.445. The number of para-hydroxylation sites is 1. The molecular weight excluding hydrogens is 246 g/mol. The lowest BCUT2D eigenvalue weighted by molar-refractivity contribution is 0.401. The minimum Gasteiger partial charge on any atom is -0.309 e. The fourth-order valence-corrected chi connectivity index (χ4v) is 3.10. The van der Waals surface area contributed by atoms with Crippen molar-refractivity contribution in [3.63, 3.8) is 0 Å². The molecule has 1 saturated heterocycles. The van der Waals surface area contributed by atoms with Crippen LogP contribution in [0.5, 0.6) is 0 Å². The Kier molecular flexibility index (Phi) is 4.16. The van der Waals surface area contributed by atoms with Crippen molar-refractivity contribution in [2.75, 3.05) is 6.54 Å². The Hall–Kier alpha value is -1.61. The van der Waals surface area contributed by atoms with E-state index in [1.807, 2.05) is 12.5 Å². The third-order valence-corrected chi connectivity index (χ3v) is 4.10. The van der Waals surface area contributed by atoms with Crippen molar-refractivity contribution in [3.8, 4) is 5.69 Å². The first-order chi connectivity index (χ1) is 9.90. The van der Waals surface area contributed by atoms with Gasteiger partial charge in [-0.15, -0.1) is 0 Å². The van der Waals surface area contributed by atoms with Crippen molar-refractivity contribution in [2.45, 2.75) is 45.1 Å². The van der Waals surface area contributed by atoms with Gasteiger partial charge in [-0.05, 0) is 37.4 Å². The summed E-state index contributed by atoms with van der Waals surface area (Å²) in [5, 5.41) is 3.62. The van der Waals surface area contributed by atoms with Gasteiger partial charge in [0.25, 0.3) is 0 Å². The highest BCUT2D eigenvalue weighted by molar-refractivity contribution is 5.42. The van der Waals surface area contributed by atoms with Crippen LogP contribution in [0.15, 0.2) is 36.8 Å². The predicted octanol–water partition coefficient (Wildman–Crippen LogP) is 3.64. The van der Waals surface area contributed by atoms with E-state index in [-0.39, 0.29) is 0 Å². The molecule has 1 unspecified atom stereocenters. The number of hydrogen-bond donors (Lipinski definition) is 1. The molecule has 3 nitrogen and oxygen atoms in total. The van der Waals surface area contributed by atoms with E-state index in [2.05, 4.69) is 46.1 Å². The molecule has 0 saturated carbocycles. The molecule has 1 atom stereocenters. The van der Waals surface area contributed by atoms with Crippen LogP contribution in [0.3, 0.4) is 0 Å². The van der Waals surface area contributed by atoms with E-state index in [1.54, 1.807) is 0 Å². The third-order valence-electron chi connectivity index (χ3n) is 4.10. The highest BCUT2D eigenvalue weighted by atomic mass is 15.1. The Morgan fingerprint density at radius 2 is 2.20 bits per heavy atom. The molecule has 0 bridgehead atoms. The highest BCUT2D eigenvalue weighted by Crippen LogP contribution is 2.26. The lowest BCUT2D eigenvalue weighted by Gasteiger charge is -2.25. The molecule has 3 heteroatoms. The summed E-state index contributed by atoms with van der Waals surface area (Å²) in [6.45, 7) is 3.35. The van der Waals surface area contributed by atoms with E-state index in [0.29, 0.717) is 6.04 Å². The molecule has 0 aliphatic carbocycles. The number of nitrogens with one attached hydrogen (secondary N) is 1. The van der Waals surface area contributed by atoms with E-state index in [9.17, 15) is 0 Å². The first kappa shape index (κ1) is 13.4. The van der Waals surface area contributed by atoms with Gasteiger partial charge < -0.3 is 9.88 Å². The number of nitrogens with zero attached hydrogens (tertiary/aromatic N) is 2. The lowest BCUT2D eigenvalue weighted by atomic mass is 10.0. The maximum Gasteiger partial charge on any atom is 0.0994 e. The van der Waals surface area contributed by atoms with E-state index in [4.69, 9.17) is 0 Å². The molecule has 0 amide bonds. The Labute approximate surface area is 121 Å². The fraction of sp³-hybridized carbons (Fsp3) is 0.471. The number of rotatable bonds is 4. The zero-order valence-corrected chi connectivity index (χ0v) is 12.2. The molecule has 2 heterocycles. The van der Waals surface area contributed by atoms with Crippen molar-refractivity contribution >= 4 is 0 Å². The second-order valence-electron chi connectivity index (χ2n) is 5.57. The summed E-state index contributed by atoms with van der Waals surface area (Å²) in [6, 6.07) is 9.13. The Morgan fingerprint density at radius 3 is 3.00 bits per heavy atom. The standard InChI is InChI=1S/C17H23N3/c1-2-7-14-8-3-4-10-16(14)20-13-18-12-17(20)15-9-5-6-11-19-15/h3-4,8,10,12-13,15,19H,2,5-7,9,11H2,1H3. The van der Waals surface area contributed by atoms with E-state index in [1.165, 1.54) is 42.6 Å². The van der Waals surface area contributed by atoms with Crippen molar-refractivity contribution in [3.05, 3.63) is 48.0 Å². The van der Waals surface area contributed by atoms with Gasteiger partial charge in [0.05, 0.1) is 23.9 Å². The monoisotopic (exact) mass is 269 g/mol. The van der Waals surface area contributed by atoms with Crippen molar-refractivity contribution in [2.24, 2.45) is 0 Å². The quantitative estimate of drug-likeness (QED) is 0.918. The van der Waals surface area contributed by atoms with Crippen LogP contribution in [0.4, 0.5) is 0 Å². The minimum absolute atomic E-state index is 0.445. The topological polar surface area (TPSA) is 29.9 Å². The van der Waals surface area contributed by atoms with Gasteiger partial charge in [0.1, 0.15) is 0 Å². The van der Waals surface area contributed by atoms with Gasteiger partial charge in [0.15, 0.2) is 0 Å². The molecule has 1 fully saturated rings. The van der Waals surface area contributed by atoms with Gasteiger partial charge >= 0.3 is 0 Å². The zero-order chi connectivity index (χ0) is 13.8.